The Labute approximate surface area is 967 Å². The summed E-state index contributed by atoms with van der Waals surface area (Å²) >= 11 is 0. The SMILES string of the molecule is [2H]C([2H])([2H])C(C)(C([2H])([2H])[2H])C([2H])([2H])C1([2H])C([2H])([2H])N2CCc3cc(OC)c(OC)cc3C2([2H])C([2H])([2H])C1([2H])O.[2H]C([2H])([2H])C(C)(C([2H])([2H])[2H])C([2H])([2H])C1([2H])C([2H])([2H])N2CCc3cc(OC)c(OC)cc3C2([2H])C([2H])([2H])C1([2H])O.[2H]C([2H])([2H])Oc1cc2c(cc1OC)CCN1C([2H])([2H])C(CC(C)C)C([2H])(O)C([2H])([2H])C21[2H].[2H]C([2H])([2H])Oc1cc2c(cc1OC)CCN1C([2H])([2H])C([2H])(C([2H])([2H])C(C)(C([2H])([2H])[2H])C([2H])([2H])[2H])C([2H])(O)C([2H])([2H])C21[2H].[2H]C([2H])([2H])Oc1cc2c(cc1OC)CCN1C([2H])([2H])C([2H])(C([2H])([2H])C(C)(C([2H])([2H])[2H])C([2H])([2H])[2H])C([2H])(O)C([2H])([2H])C21[2H].[2H]C1([2H])N2CCc3cc(OC)c(OC)cc3C2([2H])C([2H])([2H])C([2H])(O)C1([2H])CC(C)C. The van der Waals surface area contributed by atoms with E-state index in [-0.39, 0.29) is 166 Å². The largest absolute Gasteiger partial charge is 0.493 e. The summed E-state index contributed by atoms with van der Waals surface area (Å²) in [5.74, 6) is -21.6. The maximum Gasteiger partial charge on any atom is 0.161 e. The molecule has 142 heavy (non-hydrogen) atoms. The van der Waals surface area contributed by atoms with E-state index < -0.39 is 357 Å². The van der Waals surface area contributed by atoms with Gasteiger partial charge in [0.15, 0.2) is 69.0 Å². The molecule has 0 amide bonds. The Balaban J connectivity index is 0.000000214. The van der Waals surface area contributed by atoms with Crippen molar-refractivity contribution in [3.05, 3.63) is 140 Å². The summed E-state index contributed by atoms with van der Waals surface area (Å²) in [6.07, 6.45) is -61.4. The molecule has 0 saturated carbocycles. The standard InChI is InChI=1S/4C20H31NO3.2C19H29NO3/c4*1-20(2,3)11-14-12-21-7-6-13-8-18(23-4)19(24-5)9-15(13)16(21)10-17(14)22;2*1-12(2)7-14-11-20-6-5-13-8-18(22-3)19(23-4)9-15(13)16(20)10-17(14)21/h4*8-9,14,16-17,22H,6-7,10-12H2,1-5H3;2*8-9,12,14,16-17,21H,5-7,10-11H2,1-4H3/i2*1D3,2D3,5D3,10D2,11D2,12D2,14D,16D,17D;2*1D3,2D3,10D2,11D2,12D2,14D,16D,17D;10D2,11D2,14D,16D,17D;4D3,10D2,11D2,16D,17D. The van der Waals surface area contributed by atoms with Gasteiger partial charge < -0.3 is 87.5 Å². The number of nitrogens with zero attached hydrogens (tertiary/aromatic N) is 6. The van der Waals surface area contributed by atoms with E-state index in [0.29, 0.717) is 70.6 Å². The van der Waals surface area contributed by atoms with Crippen LogP contribution < -0.4 is 56.8 Å². The summed E-state index contributed by atoms with van der Waals surface area (Å²) < 4.78 is 752. The lowest BCUT2D eigenvalue weighted by Gasteiger charge is -2.47. The summed E-state index contributed by atoms with van der Waals surface area (Å²) in [5.41, 5.74) is -14.2. The van der Waals surface area contributed by atoms with Crippen LogP contribution in [0, 0.1) is 68.9 Å². The highest BCUT2D eigenvalue weighted by molar-refractivity contribution is 5.55. The van der Waals surface area contributed by atoms with Crippen LogP contribution in [0.2, 0.25) is 0 Å². The van der Waals surface area contributed by atoms with Crippen molar-refractivity contribution < 1.29 is 200 Å². The van der Waals surface area contributed by atoms with E-state index in [9.17, 15) is 38.9 Å². The van der Waals surface area contributed by atoms with Crippen molar-refractivity contribution in [3.8, 4) is 69.0 Å². The lowest BCUT2D eigenvalue weighted by molar-refractivity contribution is -0.0259. The molecule has 0 aromatic heterocycles. The number of ether oxygens (including phenoxy) is 12. The Morgan fingerprint density at radius 3 is 0.662 bits per heavy atom. The van der Waals surface area contributed by atoms with Crippen LogP contribution in [0.5, 0.6) is 69.0 Å². The zero-order chi connectivity index (χ0) is 175. The minimum absolute atomic E-state index is 0.00465. The number of rotatable bonds is 20. The van der Waals surface area contributed by atoms with Crippen molar-refractivity contribution in [2.75, 3.05) is 163 Å². The van der Waals surface area contributed by atoms with Crippen molar-refractivity contribution in [2.24, 2.45) is 68.9 Å². The Hall–Kier alpha value is -7.56. The molecule has 12 aliphatic heterocycles. The van der Waals surface area contributed by atoms with Crippen molar-refractivity contribution in [2.45, 2.75) is 298 Å². The third kappa shape index (κ3) is 27.1. The third-order valence-electron chi connectivity index (χ3n) is 23.5. The lowest BCUT2D eigenvalue weighted by Crippen LogP contribution is -2.48. The normalized spacial score (nSPS) is 50.3. The maximum absolute atomic E-state index is 11.5. The second-order valence-corrected chi connectivity index (χ2v) is 35.7. The van der Waals surface area contributed by atoms with Crippen LogP contribution in [0.1, 0.15) is 402 Å². The molecular weight excluding hydrogens is 1790 g/mol. The molecule has 0 spiro atoms. The van der Waals surface area contributed by atoms with Crippen LogP contribution in [0.15, 0.2) is 72.8 Å². The highest BCUT2D eigenvalue weighted by Gasteiger charge is 2.48. The summed E-state index contributed by atoms with van der Waals surface area (Å²) in [7, 11) is 2.71. The first-order valence-electron chi connectivity index (χ1n) is 86.2. The van der Waals surface area contributed by atoms with Gasteiger partial charge in [-0.3, -0.25) is 29.4 Å². The van der Waals surface area contributed by atoms with Crippen molar-refractivity contribution in [1.82, 2.24) is 29.4 Å². The molecule has 6 saturated heterocycles. The molecule has 0 aliphatic carbocycles. The summed E-state index contributed by atoms with van der Waals surface area (Å²) in [6.45, 7) is -43.9. The maximum atomic E-state index is 11.5. The predicted octanol–water partition coefficient (Wildman–Crippen LogP) is 19.7. The van der Waals surface area contributed by atoms with Crippen molar-refractivity contribution in [3.63, 3.8) is 0 Å². The summed E-state index contributed by atoms with van der Waals surface area (Å²) in [6, 6.07) is -2.46. The van der Waals surface area contributed by atoms with Gasteiger partial charge in [-0.15, -0.1) is 0 Å². The number of aliphatic hydroxyl groups is 6. The molecule has 0 radical (unpaired) electrons. The Morgan fingerprint density at radius 2 is 0.465 bits per heavy atom. The molecular formula is C118H182N6O18. The Morgan fingerprint density at radius 1 is 0.282 bits per heavy atom. The first-order valence-corrected chi connectivity index (χ1v) is 45.2. The van der Waals surface area contributed by atoms with Crippen LogP contribution >= 0.6 is 0 Å². The van der Waals surface area contributed by atoms with Crippen LogP contribution in [-0.4, -0.2) is 260 Å². The second kappa shape index (κ2) is 48.2. The molecule has 6 aromatic rings. The van der Waals surface area contributed by atoms with Gasteiger partial charge in [-0.05, 0) is 324 Å². The van der Waals surface area contributed by atoms with Gasteiger partial charge in [0.1, 0.15) is 0 Å². The zero-order valence-corrected chi connectivity index (χ0v) is 81.8. The fourth-order valence-corrected chi connectivity index (χ4v) is 17.1. The van der Waals surface area contributed by atoms with Gasteiger partial charge in [0, 0.05) is 198 Å². The third-order valence-corrected chi connectivity index (χ3v) is 23.5. The molecule has 6 fully saturated rings. The van der Waals surface area contributed by atoms with E-state index in [1.807, 2.05) is 0 Å². The average molecular weight is 2060 g/mol. The predicted molar refractivity (Wildman–Crippen MR) is 565 cm³/mol. The van der Waals surface area contributed by atoms with Gasteiger partial charge >= 0.3 is 0 Å². The molecule has 24 nitrogen and oxygen atoms in total. The van der Waals surface area contributed by atoms with Gasteiger partial charge in [0.05, 0.1) is 150 Å². The number of benzene rings is 6. The van der Waals surface area contributed by atoms with E-state index in [0.717, 1.165) is 40.1 Å². The highest BCUT2D eigenvalue weighted by atomic mass is 16.5. The smallest absolute Gasteiger partial charge is 0.161 e. The molecule has 6 aromatic carbocycles. The molecule has 18 atom stereocenters. The molecule has 12 aliphatic rings. The van der Waals surface area contributed by atoms with Crippen molar-refractivity contribution in [1.29, 1.82) is 0 Å². The van der Waals surface area contributed by atoms with Crippen LogP contribution in [0.3, 0.4) is 0 Å². The van der Waals surface area contributed by atoms with Crippen LogP contribution in [0.25, 0.3) is 0 Å². The molecule has 18 unspecified atom stereocenters. The van der Waals surface area contributed by atoms with Gasteiger partial charge in [-0.2, -0.15) is 0 Å². The fourth-order valence-electron chi connectivity index (χ4n) is 17.1. The van der Waals surface area contributed by atoms with Crippen LogP contribution in [-0.2, 0) is 38.5 Å². The minimum atomic E-state index is -4.36. The number of hydrogen-bond acceptors (Lipinski definition) is 24. The molecule has 6 N–H and O–H groups in total. The topological polar surface area (TPSA) is 252 Å². The minimum Gasteiger partial charge on any atom is -0.493 e. The highest BCUT2D eigenvalue weighted by Crippen LogP contribution is 2.53. The monoisotopic (exact) mass is 2050 g/mol. The zero-order valence-electron chi connectivity index (χ0n) is 164. The van der Waals surface area contributed by atoms with E-state index >= 15 is 0 Å². The van der Waals surface area contributed by atoms with Gasteiger partial charge in [-0.25, -0.2) is 0 Å². The number of methoxy groups -OCH3 is 12. The first-order chi connectivity index (χ1) is 99.2. The second-order valence-electron chi connectivity index (χ2n) is 35.7. The average Bonchev–Trinajstić information content (AvgIpc) is 0.638. The fraction of sp³-hybridized carbons (Fsp3) is 0.695. The molecule has 12 heterocycles. The Bertz CT molecular complexity index is 8700. The van der Waals surface area contributed by atoms with E-state index in [4.69, 9.17) is 161 Å². The number of hydrogen-bond donors (Lipinski definition) is 6. The molecule has 24 heteroatoms. The van der Waals surface area contributed by atoms with E-state index in [1.165, 1.54) is 100 Å². The van der Waals surface area contributed by atoms with Crippen LogP contribution in [0.4, 0.5) is 0 Å². The molecule has 18 rings (SSSR count). The summed E-state index contributed by atoms with van der Waals surface area (Å²) in [5, 5.41) is 68.3. The summed E-state index contributed by atoms with van der Waals surface area (Å²) in [4.78, 5) is 3.57. The first kappa shape index (κ1) is 45.9. The quantitative estimate of drug-likeness (QED) is 0.0415. The van der Waals surface area contributed by atoms with E-state index in [1.54, 1.807) is 33.8 Å². The van der Waals surface area contributed by atoms with Gasteiger partial charge in [0.2, 0.25) is 0 Å². The van der Waals surface area contributed by atoms with E-state index in [2.05, 4.69) is 0 Å². The molecule has 792 valence electrons. The molecule has 0 bridgehead atoms. The van der Waals surface area contributed by atoms with Gasteiger partial charge in [-0.1, -0.05) is 110 Å². The number of fused-ring (bicyclic) bond motifs is 18. The lowest BCUT2D eigenvalue weighted by atomic mass is 9.75. The van der Waals surface area contributed by atoms with Crippen molar-refractivity contribution >= 4 is 0 Å². The number of piperidine rings is 6. The van der Waals surface area contributed by atoms with Gasteiger partial charge in [0.25, 0.3) is 0 Å². The Kier molecular flexibility index (Phi) is 15.6.